The molecule has 9 rings (SSSR count). The molecule has 6 aromatic rings. The second-order valence-corrected chi connectivity index (χ2v) is 13.8. The summed E-state index contributed by atoms with van der Waals surface area (Å²) in [6.45, 7) is 0.696. The summed E-state index contributed by atoms with van der Waals surface area (Å²) in [4.78, 5) is 44.1. The number of aromatic nitrogens is 4. The van der Waals surface area contributed by atoms with Crippen LogP contribution in [0, 0.1) is 17.2 Å². The minimum absolute atomic E-state index is 0. The standard InChI is InChI=1S/C41H36N8O3.ClH/c1-52-41(51)48-32-14-13-26-3-2-4-31-18-36(49(37(26)31)40(32)50)39-45-21-34(47-39)25-7-5-24(6-8-25)27-9-10-29-17-30(12-11-28(29)16-27)35-22-44-38(46-35)33-15-23(19-42)20-43-33;/h2-12,16-17,21-23,32-33,36,43H,13-15,18,20H2,1H3,(H,44,46)(H,45,47)(H,48,51);1H/t23-,32+,33+,36+;/m1./s1. The van der Waals surface area contributed by atoms with Crippen LogP contribution in [0.2, 0.25) is 0 Å². The fraction of sp³-hybridized carbons (Fsp3) is 0.244. The summed E-state index contributed by atoms with van der Waals surface area (Å²) in [6, 6.07) is 28.9. The molecule has 1 saturated heterocycles. The number of carbonyl (C=O) groups excluding carboxylic acids is 2. The van der Waals surface area contributed by atoms with Crippen LogP contribution in [0.5, 0.6) is 0 Å². The Morgan fingerprint density at radius 1 is 0.887 bits per heavy atom. The van der Waals surface area contributed by atoms with E-state index in [0.29, 0.717) is 31.6 Å². The first kappa shape index (κ1) is 34.1. The fourth-order valence-electron chi connectivity index (χ4n) is 7.98. The lowest BCUT2D eigenvalue weighted by Gasteiger charge is -2.27. The summed E-state index contributed by atoms with van der Waals surface area (Å²) < 4.78 is 4.81. The number of hydrogen-bond donors (Lipinski definition) is 4. The normalized spacial score (nSPS) is 20.4. The van der Waals surface area contributed by atoms with E-state index in [1.54, 1.807) is 0 Å². The van der Waals surface area contributed by atoms with E-state index in [2.05, 4.69) is 104 Å². The number of aromatic amines is 2. The van der Waals surface area contributed by atoms with Gasteiger partial charge in [-0.05, 0) is 70.0 Å². The number of nitriles is 1. The third-order valence-corrected chi connectivity index (χ3v) is 10.7. The number of aryl methyl sites for hydroxylation is 1. The number of fused-ring (bicyclic) bond motifs is 1. The van der Waals surface area contributed by atoms with Gasteiger partial charge in [-0.25, -0.2) is 14.8 Å². The summed E-state index contributed by atoms with van der Waals surface area (Å²) in [7, 11) is 1.30. The number of hydrogen-bond acceptors (Lipinski definition) is 7. The average molecular weight is 725 g/mol. The molecule has 0 radical (unpaired) electrons. The number of benzene rings is 4. The van der Waals surface area contributed by atoms with Gasteiger partial charge in [0.15, 0.2) is 0 Å². The molecule has 2 aromatic heterocycles. The van der Waals surface area contributed by atoms with Crippen LogP contribution < -0.4 is 15.5 Å². The average Bonchev–Trinajstić information content (AvgIpc) is 4.00. The number of nitrogens with one attached hydrogen (secondary N) is 4. The molecule has 4 aromatic carbocycles. The topological polar surface area (TPSA) is 152 Å². The summed E-state index contributed by atoms with van der Waals surface area (Å²) in [5.74, 6) is 1.44. The highest BCUT2D eigenvalue weighted by Gasteiger charge is 2.43. The van der Waals surface area contributed by atoms with Crippen LogP contribution in [0.15, 0.2) is 91.3 Å². The molecule has 2 amide bonds. The van der Waals surface area contributed by atoms with Gasteiger partial charge >= 0.3 is 6.09 Å². The van der Waals surface area contributed by atoms with Gasteiger partial charge in [-0.1, -0.05) is 66.7 Å². The SMILES string of the molecule is COC(=O)N[C@H]1CCc2cccc3c2N(C1=O)[C@H](c1ncc(-c2ccc(-c4ccc5cc(-c6cnc([C@@H]7C[C@H](C#N)CN7)[nH]6)ccc5c4)cc2)[nH]1)C3.Cl. The fourth-order valence-corrected chi connectivity index (χ4v) is 7.98. The van der Waals surface area contributed by atoms with E-state index in [0.717, 1.165) is 73.5 Å². The van der Waals surface area contributed by atoms with Crippen LogP contribution in [-0.4, -0.2) is 51.6 Å². The van der Waals surface area contributed by atoms with Gasteiger partial charge in [-0.3, -0.25) is 9.69 Å². The first-order chi connectivity index (χ1) is 25.4. The van der Waals surface area contributed by atoms with Crippen molar-refractivity contribution in [3.63, 3.8) is 0 Å². The quantitative estimate of drug-likeness (QED) is 0.142. The van der Waals surface area contributed by atoms with Gasteiger partial charge in [0.05, 0.1) is 60.6 Å². The van der Waals surface area contributed by atoms with Gasteiger partial charge in [0.1, 0.15) is 17.7 Å². The molecule has 12 heteroatoms. The van der Waals surface area contributed by atoms with Crippen LogP contribution in [0.4, 0.5) is 10.5 Å². The van der Waals surface area contributed by atoms with Gasteiger partial charge in [0.2, 0.25) is 5.91 Å². The van der Waals surface area contributed by atoms with Crippen molar-refractivity contribution in [1.29, 1.82) is 5.26 Å². The van der Waals surface area contributed by atoms with Gasteiger partial charge in [-0.15, -0.1) is 12.4 Å². The van der Waals surface area contributed by atoms with E-state index in [9.17, 15) is 14.9 Å². The van der Waals surface area contributed by atoms with Crippen molar-refractivity contribution in [2.75, 3.05) is 18.6 Å². The minimum atomic E-state index is -0.684. The molecule has 4 atom stereocenters. The molecule has 53 heavy (non-hydrogen) atoms. The number of para-hydroxylation sites is 1. The Morgan fingerprint density at radius 2 is 1.55 bits per heavy atom. The molecular weight excluding hydrogens is 688 g/mol. The molecule has 0 spiro atoms. The maximum atomic E-state index is 13.9. The Hall–Kier alpha value is -5.96. The zero-order valence-electron chi connectivity index (χ0n) is 28.9. The Bertz CT molecular complexity index is 2400. The Labute approximate surface area is 312 Å². The first-order valence-electron chi connectivity index (χ1n) is 17.6. The predicted molar refractivity (Wildman–Crippen MR) is 204 cm³/mol. The number of imidazole rings is 2. The third kappa shape index (κ3) is 6.20. The molecule has 0 bridgehead atoms. The first-order valence-corrected chi connectivity index (χ1v) is 17.6. The van der Waals surface area contributed by atoms with E-state index >= 15 is 0 Å². The highest BCUT2D eigenvalue weighted by Crippen LogP contribution is 2.44. The van der Waals surface area contributed by atoms with Gasteiger partial charge < -0.3 is 25.3 Å². The van der Waals surface area contributed by atoms with Crippen LogP contribution >= 0.6 is 12.4 Å². The van der Waals surface area contributed by atoms with Crippen LogP contribution in [-0.2, 0) is 22.4 Å². The smallest absolute Gasteiger partial charge is 0.407 e. The monoisotopic (exact) mass is 724 g/mol. The predicted octanol–water partition coefficient (Wildman–Crippen LogP) is 7.18. The molecule has 4 N–H and O–H groups in total. The van der Waals surface area contributed by atoms with Crippen LogP contribution in [0.25, 0.3) is 44.4 Å². The number of methoxy groups -OCH3 is 1. The maximum Gasteiger partial charge on any atom is 0.407 e. The van der Waals surface area contributed by atoms with Gasteiger partial charge in [-0.2, -0.15) is 5.26 Å². The summed E-state index contributed by atoms with van der Waals surface area (Å²) in [6.07, 6.45) is 5.66. The van der Waals surface area contributed by atoms with Gasteiger partial charge in [0, 0.05) is 18.5 Å². The number of ether oxygens (including phenoxy) is 1. The Kier molecular flexibility index (Phi) is 8.94. The number of rotatable bonds is 6. The van der Waals surface area contributed by atoms with Crippen molar-refractivity contribution >= 4 is 40.9 Å². The number of H-pyrrole nitrogens is 2. The zero-order valence-corrected chi connectivity index (χ0v) is 29.7. The molecular formula is C41H37ClN8O3. The summed E-state index contributed by atoms with van der Waals surface area (Å²) in [5.41, 5.74) is 9.24. The Morgan fingerprint density at radius 3 is 2.30 bits per heavy atom. The van der Waals surface area contributed by atoms with Crippen molar-refractivity contribution in [3.05, 3.63) is 114 Å². The molecule has 0 unspecified atom stereocenters. The number of amides is 2. The third-order valence-electron chi connectivity index (χ3n) is 10.7. The number of carbonyl (C=O) groups is 2. The lowest BCUT2D eigenvalue weighted by Crippen LogP contribution is -2.48. The number of anilines is 1. The van der Waals surface area contributed by atoms with Crippen molar-refractivity contribution in [3.8, 4) is 39.7 Å². The molecule has 3 aliphatic heterocycles. The largest absolute Gasteiger partial charge is 0.453 e. The van der Waals surface area contributed by atoms with Crippen molar-refractivity contribution in [1.82, 2.24) is 30.6 Å². The maximum absolute atomic E-state index is 13.9. The van der Waals surface area contributed by atoms with E-state index in [1.165, 1.54) is 7.11 Å². The summed E-state index contributed by atoms with van der Waals surface area (Å²) >= 11 is 0. The van der Waals surface area contributed by atoms with Crippen molar-refractivity contribution in [2.24, 2.45) is 5.92 Å². The molecule has 1 fully saturated rings. The molecule has 0 aliphatic carbocycles. The molecule has 0 saturated carbocycles. The lowest BCUT2D eigenvalue weighted by atomic mass is 9.98. The van der Waals surface area contributed by atoms with Crippen LogP contribution in [0.1, 0.15) is 47.7 Å². The molecule has 266 valence electrons. The van der Waals surface area contributed by atoms with E-state index in [-0.39, 0.29) is 36.3 Å². The van der Waals surface area contributed by atoms with Crippen LogP contribution in [0.3, 0.4) is 0 Å². The number of alkyl carbamates (subject to hydrolysis) is 1. The second kappa shape index (κ2) is 13.9. The van der Waals surface area contributed by atoms with Crippen molar-refractivity contribution in [2.45, 2.75) is 43.8 Å². The van der Waals surface area contributed by atoms with E-state index in [4.69, 9.17) is 9.72 Å². The minimum Gasteiger partial charge on any atom is -0.453 e. The highest BCUT2D eigenvalue weighted by atomic mass is 35.5. The van der Waals surface area contributed by atoms with E-state index < -0.39 is 12.1 Å². The molecule has 3 aliphatic rings. The zero-order chi connectivity index (χ0) is 35.3. The van der Waals surface area contributed by atoms with Crippen molar-refractivity contribution < 1.29 is 14.3 Å². The second-order valence-electron chi connectivity index (χ2n) is 13.8. The highest BCUT2D eigenvalue weighted by molar-refractivity contribution is 6.02. The summed E-state index contributed by atoms with van der Waals surface area (Å²) in [5, 5.41) is 17.7. The van der Waals surface area contributed by atoms with E-state index in [1.807, 2.05) is 23.4 Å². The van der Waals surface area contributed by atoms with Gasteiger partial charge in [0.25, 0.3) is 0 Å². The molecule has 11 nitrogen and oxygen atoms in total. The number of nitrogens with zero attached hydrogens (tertiary/aromatic N) is 4. The Balaban J connectivity index is 0.00000400. The lowest BCUT2D eigenvalue weighted by molar-refractivity contribution is -0.121. The number of halogens is 1. The molecule has 5 heterocycles.